The lowest BCUT2D eigenvalue weighted by molar-refractivity contribution is 0.263. The second kappa shape index (κ2) is 6.98. The molecule has 2 rings (SSSR count). The van der Waals surface area contributed by atoms with Crippen molar-refractivity contribution >= 4 is 10.0 Å². The Hall–Kier alpha value is -1.11. The third kappa shape index (κ3) is 3.45. The summed E-state index contributed by atoms with van der Waals surface area (Å²) in [4.78, 5) is 0.399. The molecule has 0 aliphatic carbocycles. The van der Waals surface area contributed by atoms with Gasteiger partial charge in [-0.3, -0.25) is 0 Å². The van der Waals surface area contributed by atoms with Crippen LogP contribution in [0.25, 0.3) is 0 Å². The van der Waals surface area contributed by atoms with Crippen LogP contribution in [0.2, 0.25) is 0 Å². The molecule has 0 amide bonds. The predicted octanol–water partition coefficient (Wildman–Crippen LogP) is 1.93. The van der Waals surface area contributed by atoms with Crippen LogP contribution in [-0.2, 0) is 10.0 Å². The summed E-state index contributed by atoms with van der Waals surface area (Å²) in [6.45, 7) is 5.74. The molecule has 1 aliphatic rings. The lowest BCUT2D eigenvalue weighted by Gasteiger charge is -2.32. The van der Waals surface area contributed by atoms with Crippen molar-refractivity contribution in [3.8, 4) is 5.75 Å². The van der Waals surface area contributed by atoms with E-state index in [0.29, 0.717) is 23.9 Å². The molecular formula is C16H26N2O3S. The second-order valence-electron chi connectivity index (χ2n) is 6.02. The Balaban J connectivity index is 2.32. The topological polar surface area (TPSA) is 58.6 Å². The maximum atomic E-state index is 13.0. The van der Waals surface area contributed by atoms with Crippen molar-refractivity contribution < 1.29 is 13.2 Å². The third-order valence-corrected chi connectivity index (χ3v) is 6.29. The van der Waals surface area contributed by atoms with Crippen LogP contribution in [0.4, 0.5) is 0 Å². The maximum Gasteiger partial charge on any atom is 0.243 e. The number of sulfonamides is 1. The minimum atomic E-state index is -3.44. The molecule has 0 aromatic heterocycles. The van der Waals surface area contributed by atoms with Crippen LogP contribution in [0.15, 0.2) is 17.0 Å². The number of nitrogens with zero attached hydrogens (tertiary/aromatic N) is 1. The van der Waals surface area contributed by atoms with Gasteiger partial charge in [-0.25, -0.2) is 8.42 Å². The van der Waals surface area contributed by atoms with Crippen LogP contribution >= 0.6 is 0 Å². The highest BCUT2D eigenvalue weighted by atomic mass is 32.2. The molecular weight excluding hydrogens is 300 g/mol. The normalized spacial score (nSPS) is 20.1. The molecule has 1 fully saturated rings. The number of aryl methyl sites for hydroxylation is 2. The molecule has 0 saturated carbocycles. The number of ether oxygens (including phenoxy) is 1. The molecule has 0 spiro atoms. The van der Waals surface area contributed by atoms with Crippen molar-refractivity contribution in [2.45, 2.75) is 31.6 Å². The van der Waals surface area contributed by atoms with Crippen molar-refractivity contribution in [2.24, 2.45) is 5.92 Å². The molecule has 0 radical (unpaired) electrons. The highest BCUT2D eigenvalue weighted by Gasteiger charge is 2.31. The Morgan fingerprint density at radius 3 is 2.68 bits per heavy atom. The van der Waals surface area contributed by atoms with Gasteiger partial charge in [-0.05, 0) is 69.5 Å². The number of benzene rings is 1. The molecule has 6 heteroatoms. The summed E-state index contributed by atoms with van der Waals surface area (Å²) in [5.74, 6) is 1.11. The number of rotatable bonds is 5. The van der Waals surface area contributed by atoms with E-state index in [4.69, 9.17) is 4.74 Å². The smallest absolute Gasteiger partial charge is 0.243 e. The van der Waals surface area contributed by atoms with Crippen molar-refractivity contribution in [3.05, 3.63) is 23.3 Å². The lowest BCUT2D eigenvalue weighted by atomic mass is 10.00. The Morgan fingerprint density at radius 2 is 2.05 bits per heavy atom. The van der Waals surface area contributed by atoms with Crippen LogP contribution < -0.4 is 10.1 Å². The van der Waals surface area contributed by atoms with Crippen molar-refractivity contribution in [1.29, 1.82) is 0 Å². The molecule has 22 heavy (non-hydrogen) atoms. The van der Waals surface area contributed by atoms with Crippen molar-refractivity contribution in [2.75, 3.05) is 33.8 Å². The van der Waals surface area contributed by atoms with E-state index in [2.05, 4.69) is 5.32 Å². The average molecular weight is 326 g/mol. The van der Waals surface area contributed by atoms with Gasteiger partial charge in [-0.2, -0.15) is 4.31 Å². The van der Waals surface area contributed by atoms with Crippen LogP contribution in [0, 0.1) is 19.8 Å². The standard InChI is InChI=1S/C16H26N2O3S/c1-12-9-16(13(2)8-15(12)21-4)22(19,20)18-7-5-6-14(11-18)10-17-3/h8-9,14,17H,5-7,10-11H2,1-4H3/t14-/m0/s1. The van der Waals surface area contributed by atoms with Gasteiger partial charge in [0.15, 0.2) is 0 Å². The number of hydrogen-bond donors (Lipinski definition) is 1. The minimum absolute atomic E-state index is 0.383. The first-order chi connectivity index (χ1) is 10.4. The van der Waals surface area contributed by atoms with Gasteiger partial charge in [0.05, 0.1) is 12.0 Å². The van der Waals surface area contributed by atoms with Crippen molar-refractivity contribution in [3.63, 3.8) is 0 Å². The van der Waals surface area contributed by atoms with Crippen LogP contribution in [-0.4, -0.2) is 46.5 Å². The zero-order valence-corrected chi connectivity index (χ0v) is 14.7. The number of methoxy groups -OCH3 is 1. The van der Waals surface area contributed by atoms with E-state index in [9.17, 15) is 8.42 Å². The van der Waals surface area contributed by atoms with Crippen molar-refractivity contribution in [1.82, 2.24) is 9.62 Å². The number of nitrogens with one attached hydrogen (secondary N) is 1. The fourth-order valence-electron chi connectivity index (χ4n) is 3.10. The average Bonchev–Trinajstić information content (AvgIpc) is 2.49. The molecule has 0 bridgehead atoms. The third-order valence-electron chi connectivity index (χ3n) is 4.28. The highest BCUT2D eigenvalue weighted by molar-refractivity contribution is 7.89. The molecule has 0 unspecified atom stereocenters. The second-order valence-corrected chi connectivity index (χ2v) is 7.92. The van der Waals surface area contributed by atoms with Gasteiger partial charge in [0.2, 0.25) is 10.0 Å². The van der Waals surface area contributed by atoms with Gasteiger partial charge in [-0.1, -0.05) is 0 Å². The summed E-state index contributed by atoms with van der Waals surface area (Å²) in [6.07, 6.45) is 1.99. The Morgan fingerprint density at radius 1 is 1.32 bits per heavy atom. The Bertz CT molecular complexity index is 627. The number of piperidine rings is 1. The molecule has 124 valence electrons. The molecule has 1 aromatic rings. The summed E-state index contributed by atoms with van der Waals surface area (Å²) in [7, 11) is 0.0659. The Labute approximate surface area is 133 Å². The minimum Gasteiger partial charge on any atom is -0.496 e. The van der Waals surface area contributed by atoms with Gasteiger partial charge >= 0.3 is 0 Å². The first-order valence-corrected chi connectivity index (χ1v) is 9.14. The zero-order valence-electron chi connectivity index (χ0n) is 13.8. The fraction of sp³-hybridized carbons (Fsp3) is 0.625. The van der Waals surface area contributed by atoms with E-state index < -0.39 is 10.0 Å². The first kappa shape index (κ1) is 17.2. The van der Waals surface area contributed by atoms with Gasteiger partial charge in [0.25, 0.3) is 0 Å². The van der Waals surface area contributed by atoms with E-state index in [-0.39, 0.29) is 0 Å². The quantitative estimate of drug-likeness (QED) is 0.898. The molecule has 1 heterocycles. The summed E-state index contributed by atoms with van der Waals surface area (Å²) < 4.78 is 32.9. The predicted molar refractivity (Wildman–Crippen MR) is 87.9 cm³/mol. The highest BCUT2D eigenvalue weighted by Crippen LogP contribution is 2.29. The summed E-state index contributed by atoms with van der Waals surface area (Å²) in [6, 6.07) is 3.53. The van der Waals surface area contributed by atoms with E-state index in [0.717, 1.165) is 36.3 Å². The molecule has 5 nitrogen and oxygen atoms in total. The van der Waals surface area contributed by atoms with E-state index in [1.54, 1.807) is 23.5 Å². The maximum absolute atomic E-state index is 13.0. The summed E-state index contributed by atoms with van der Waals surface area (Å²) >= 11 is 0. The first-order valence-electron chi connectivity index (χ1n) is 7.70. The monoisotopic (exact) mass is 326 g/mol. The fourth-order valence-corrected chi connectivity index (χ4v) is 4.95. The number of hydrogen-bond acceptors (Lipinski definition) is 4. The summed E-state index contributed by atoms with van der Waals surface area (Å²) in [5, 5.41) is 3.15. The molecule has 1 atom stereocenters. The van der Waals surface area contributed by atoms with E-state index >= 15 is 0 Å². The lowest BCUT2D eigenvalue weighted by Crippen LogP contribution is -2.42. The SMILES string of the molecule is CNC[C@@H]1CCCN(S(=O)(=O)c2cc(C)c(OC)cc2C)C1. The molecule has 1 N–H and O–H groups in total. The van der Waals surface area contributed by atoms with Gasteiger partial charge in [0, 0.05) is 13.1 Å². The van der Waals surface area contributed by atoms with E-state index in [1.807, 2.05) is 20.9 Å². The molecule has 1 saturated heterocycles. The largest absolute Gasteiger partial charge is 0.496 e. The van der Waals surface area contributed by atoms with Gasteiger partial charge in [-0.15, -0.1) is 0 Å². The van der Waals surface area contributed by atoms with Gasteiger partial charge in [0.1, 0.15) is 5.75 Å². The Kier molecular flexibility index (Phi) is 5.47. The van der Waals surface area contributed by atoms with E-state index in [1.165, 1.54) is 0 Å². The van der Waals surface area contributed by atoms with Gasteiger partial charge < -0.3 is 10.1 Å². The zero-order chi connectivity index (χ0) is 16.3. The molecule has 1 aliphatic heterocycles. The summed E-state index contributed by atoms with van der Waals surface area (Å²) in [5.41, 5.74) is 1.58. The van der Waals surface area contributed by atoms with Crippen LogP contribution in [0.5, 0.6) is 5.75 Å². The molecule has 1 aromatic carbocycles. The van der Waals surface area contributed by atoms with Crippen LogP contribution in [0.3, 0.4) is 0 Å². The van der Waals surface area contributed by atoms with Crippen LogP contribution in [0.1, 0.15) is 24.0 Å².